The molecule has 0 aliphatic heterocycles. The lowest BCUT2D eigenvalue weighted by Gasteiger charge is -2.17. The summed E-state index contributed by atoms with van der Waals surface area (Å²) >= 11 is 0. The first-order valence-corrected chi connectivity index (χ1v) is 5.50. The Labute approximate surface area is 96.0 Å². The van der Waals surface area contributed by atoms with Gasteiger partial charge in [0, 0.05) is 6.42 Å². The van der Waals surface area contributed by atoms with E-state index < -0.39 is 18.0 Å². The largest absolute Gasteiger partial charge is 0.481 e. The van der Waals surface area contributed by atoms with Crippen molar-refractivity contribution in [3.05, 3.63) is 0 Å². The average molecular weight is 231 g/mol. The summed E-state index contributed by atoms with van der Waals surface area (Å²) in [4.78, 5) is 21.7. The van der Waals surface area contributed by atoms with Crippen molar-refractivity contribution in [3.63, 3.8) is 0 Å². The third-order valence-electron chi connectivity index (χ3n) is 2.09. The third-order valence-corrected chi connectivity index (χ3v) is 2.09. The highest BCUT2D eigenvalue weighted by Crippen LogP contribution is 2.09. The number of carbonyl (C=O) groups excluding carboxylic acids is 1. The van der Waals surface area contributed by atoms with Gasteiger partial charge in [0.2, 0.25) is 0 Å². The molecule has 0 fully saturated rings. The van der Waals surface area contributed by atoms with E-state index in [9.17, 15) is 9.59 Å². The Kier molecular flexibility index (Phi) is 6.72. The minimum absolute atomic E-state index is 0.114. The number of hydrogen-bond acceptors (Lipinski definition) is 4. The van der Waals surface area contributed by atoms with Gasteiger partial charge in [-0.15, -0.1) is 0 Å². The van der Waals surface area contributed by atoms with Crippen LogP contribution in [0.2, 0.25) is 0 Å². The number of esters is 1. The molecule has 0 aromatic rings. The Morgan fingerprint density at radius 2 is 1.88 bits per heavy atom. The van der Waals surface area contributed by atoms with Gasteiger partial charge >= 0.3 is 11.9 Å². The highest BCUT2D eigenvalue weighted by atomic mass is 16.5. The molecule has 0 amide bonds. The van der Waals surface area contributed by atoms with Crippen LogP contribution in [0.25, 0.3) is 0 Å². The van der Waals surface area contributed by atoms with E-state index in [0.29, 0.717) is 5.92 Å². The molecule has 0 heterocycles. The highest BCUT2D eigenvalue weighted by molar-refractivity contribution is 5.76. The Hall–Kier alpha value is -1.10. The molecule has 0 bridgehead atoms. The predicted molar refractivity (Wildman–Crippen MR) is 59.9 cm³/mol. The van der Waals surface area contributed by atoms with E-state index in [0.717, 1.165) is 6.42 Å². The number of carboxylic acids is 1. The molecule has 0 aliphatic rings. The average Bonchev–Trinajstić information content (AvgIpc) is 2.12. The molecule has 94 valence electrons. The molecule has 0 saturated heterocycles. The molecular weight excluding hydrogens is 210 g/mol. The Morgan fingerprint density at radius 1 is 1.31 bits per heavy atom. The number of rotatable bonds is 7. The molecule has 2 atom stereocenters. The van der Waals surface area contributed by atoms with Crippen LogP contribution in [0.1, 0.15) is 40.0 Å². The number of aliphatic carboxylic acids is 1. The van der Waals surface area contributed by atoms with E-state index in [1.807, 2.05) is 20.8 Å². The first kappa shape index (κ1) is 14.9. The van der Waals surface area contributed by atoms with E-state index in [4.69, 9.17) is 15.6 Å². The molecule has 5 heteroatoms. The molecule has 0 saturated carbocycles. The summed E-state index contributed by atoms with van der Waals surface area (Å²) in [5.41, 5.74) is 5.51. The summed E-state index contributed by atoms with van der Waals surface area (Å²) in [5, 5.41) is 8.44. The van der Waals surface area contributed by atoms with Gasteiger partial charge in [-0.2, -0.15) is 0 Å². The van der Waals surface area contributed by atoms with Crippen LogP contribution in [0.3, 0.4) is 0 Å². The standard InChI is InChI=1S/C11H21NO4/c1-7(2)6-8(3)16-11(15)9(12)4-5-10(13)14/h7-9H,4-6,12H2,1-3H3,(H,13,14). The van der Waals surface area contributed by atoms with Gasteiger partial charge in [-0.3, -0.25) is 9.59 Å². The molecular formula is C11H21NO4. The number of nitrogens with two attached hydrogens (primary N) is 1. The summed E-state index contributed by atoms with van der Waals surface area (Å²) in [6, 6.07) is -0.842. The van der Waals surface area contributed by atoms with E-state index in [1.54, 1.807) is 0 Å². The van der Waals surface area contributed by atoms with Crippen molar-refractivity contribution in [2.45, 2.75) is 52.2 Å². The van der Waals surface area contributed by atoms with Crippen LogP contribution in [0.5, 0.6) is 0 Å². The smallest absolute Gasteiger partial charge is 0.323 e. The lowest BCUT2D eigenvalue weighted by Crippen LogP contribution is -2.35. The van der Waals surface area contributed by atoms with Crippen LogP contribution < -0.4 is 5.73 Å². The second kappa shape index (κ2) is 7.22. The molecule has 0 aromatic carbocycles. The van der Waals surface area contributed by atoms with Crippen molar-refractivity contribution in [2.75, 3.05) is 0 Å². The van der Waals surface area contributed by atoms with Gasteiger partial charge in [0.25, 0.3) is 0 Å². The van der Waals surface area contributed by atoms with Gasteiger partial charge in [-0.05, 0) is 25.7 Å². The van der Waals surface area contributed by atoms with Gasteiger partial charge in [-0.1, -0.05) is 13.8 Å². The summed E-state index contributed by atoms with van der Waals surface area (Å²) < 4.78 is 5.10. The fraction of sp³-hybridized carbons (Fsp3) is 0.818. The zero-order valence-corrected chi connectivity index (χ0v) is 10.1. The first-order valence-electron chi connectivity index (χ1n) is 5.50. The fourth-order valence-electron chi connectivity index (χ4n) is 1.39. The zero-order chi connectivity index (χ0) is 12.7. The van der Waals surface area contributed by atoms with Gasteiger partial charge in [-0.25, -0.2) is 0 Å². The monoisotopic (exact) mass is 231 g/mol. The Bertz CT molecular complexity index is 240. The van der Waals surface area contributed by atoms with E-state index >= 15 is 0 Å². The van der Waals surface area contributed by atoms with Crippen LogP contribution in [-0.4, -0.2) is 29.2 Å². The summed E-state index contributed by atoms with van der Waals surface area (Å²) in [6.07, 6.45) is 0.595. The lowest BCUT2D eigenvalue weighted by molar-refractivity contribution is -0.150. The van der Waals surface area contributed by atoms with E-state index in [-0.39, 0.29) is 18.9 Å². The van der Waals surface area contributed by atoms with Crippen molar-refractivity contribution in [1.82, 2.24) is 0 Å². The SMILES string of the molecule is CC(C)CC(C)OC(=O)C(N)CCC(=O)O. The predicted octanol–water partition coefficient (Wildman–Crippen LogP) is 1.16. The van der Waals surface area contributed by atoms with E-state index in [2.05, 4.69) is 0 Å². The van der Waals surface area contributed by atoms with Gasteiger partial charge in [0.1, 0.15) is 6.04 Å². The van der Waals surface area contributed by atoms with Gasteiger partial charge in [0.15, 0.2) is 0 Å². The van der Waals surface area contributed by atoms with Crippen LogP contribution in [0, 0.1) is 5.92 Å². The normalized spacial score (nSPS) is 14.6. The van der Waals surface area contributed by atoms with Crippen molar-refractivity contribution in [1.29, 1.82) is 0 Å². The minimum atomic E-state index is -0.960. The second-order valence-corrected chi connectivity index (χ2v) is 4.42. The number of hydrogen-bond donors (Lipinski definition) is 2. The van der Waals surface area contributed by atoms with Gasteiger partial charge < -0.3 is 15.6 Å². The maximum Gasteiger partial charge on any atom is 0.323 e. The molecule has 2 unspecified atom stereocenters. The number of carbonyl (C=O) groups is 2. The fourth-order valence-corrected chi connectivity index (χ4v) is 1.39. The third kappa shape index (κ3) is 7.23. The van der Waals surface area contributed by atoms with Crippen LogP contribution in [-0.2, 0) is 14.3 Å². The lowest BCUT2D eigenvalue weighted by atomic mass is 10.1. The number of ether oxygens (including phenoxy) is 1. The van der Waals surface area contributed by atoms with E-state index in [1.165, 1.54) is 0 Å². The summed E-state index contributed by atoms with van der Waals surface area (Å²) in [7, 11) is 0. The topological polar surface area (TPSA) is 89.6 Å². The first-order chi connectivity index (χ1) is 7.32. The van der Waals surface area contributed by atoms with Crippen LogP contribution >= 0.6 is 0 Å². The molecule has 0 rings (SSSR count). The van der Waals surface area contributed by atoms with Crippen LogP contribution in [0.4, 0.5) is 0 Å². The van der Waals surface area contributed by atoms with Crippen LogP contribution in [0.15, 0.2) is 0 Å². The Morgan fingerprint density at radius 3 is 2.31 bits per heavy atom. The molecule has 0 aromatic heterocycles. The minimum Gasteiger partial charge on any atom is -0.481 e. The zero-order valence-electron chi connectivity index (χ0n) is 10.1. The van der Waals surface area contributed by atoms with Crippen molar-refractivity contribution in [3.8, 4) is 0 Å². The summed E-state index contributed by atoms with van der Waals surface area (Å²) in [6.45, 7) is 5.88. The number of carboxylic acid groups (broad SMARTS) is 1. The molecule has 5 nitrogen and oxygen atoms in total. The Balaban J connectivity index is 3.90. The molecule has 0 spiro atoms. The van der Waals surface area contributed by atoms with Crippen molar-refractivity contribution >= 4 is 11.9 Å². The molecule has 0 aliphatic carbocycles. The van der Waals surface area contributed by atoms with Crippen molar-refractivity contribution in [2.24, 2.45) is 11.7 Å². The maximum atomic E-state index is 11.4. The molecule has 16 heavy (non-hydrogen) atoms. The van der Waals surface area contributed by atoms with Gasteiger partial charge in [0.05, 0.1) is 6.10 Å². The molecule has 3 N–H and O–H groups in total. The molecule has 0 radical (unpaired) electrons. The quantitative estimate of drug-likeness (QED) is 0.642. The summed E-state index contributed by atoms with van der Waals surface area (Å²) in [5.74, 6) is -1.04. The second-order valence-electron chi connectivity index (χ2n) is 4.42. The van der Waals surface area contributed by atoms with Crippen molar-refractivity contribution < 1.29 is 19.4 Å². The maximum absolute atomic E-state index is 11.4. The highest BCUT2D eigenvalue weighted by Gasteiger charge is 2.19.